The molecule has 1 aromatic rings. The first-order valence-corrected chi connectivity index (χ1v) is 4.28. The second kappa shape index (κ2) is 4.15. The van der Waals surface area contributed by atoms with Gasteiger partial charge in [0.1, 0.15) is 11.5 Å². The molecule has 0 heterocycles. The number of rotatable bonds is 2. The zero-order valence-corrected chi connectivity index (χ0v) is 8.25. The van der Waals surface area contributed by atoms with Crippen LogP contribution in [0.25, 0.3) is 5.76 Å². The molecule has 0 aromatic heterocycles. The van der Waals surface area contributed by atoms with Crippen LogP contribution < -0.4 is 0 Å². The number of hydrogen-bond acceptors (Lipinski definition) is 3. The highest BCUT2D eigenvalue weighted by molar-refractivity contribution is 6.30. The fourth-order valence-electron chi connectivity index (χ4n) is 0.984. The normalized spacial score (nSPS) is 11.4. The molecular formula is C10H9ClO3. The van der Waals surface area contributed by atoms with Gasteiger partial charge in [-0.1, -0.05) is 11.6 Å². The Labute approximate surface area is 86.3 Å². The van der Waals surface area contributed by atoms with E-state index in [2.05, 4.69) is 0 Å². The predicted octanol–water partition coefficient (Wildman–Crippen LogP) is 2.53. The molecule has 0 aliphatic carbocycles. The summed E-state index contributed by atoms with van der Waals surface area (Å²) in [6.07, 6.45) is 1.02. The fourth-order valence-corrected chi connectivity index (χ4v) is 1.16. The monoisotopic (exact) mass is 212 g/mol. The third-order valence-electron chi connectivity index (χ3n) is 1.57. The Kier molecular flexibility index (Phi) is 3.14. The van der Waals surface area contributed by atoms with Crippen LogP contribution in [-0.4, -0.2) is 16.0 Å². The predicted molar refractivity (Wildman–Crippen MR) is 54.4 cm³/mol. The van der Waals surface area contributed by atoms with Crippen molar-refractivity contribution in [2.24, 2.45) is 0 Å². The van der Waals surface area contributed by atoms with Crippen LogP contribution in [0.3, 0.4) is 0 Å². The first-order chi connectivity index (χ1) is 6.50. The number of allylic oxidation sites excluding steroid dienone is 1. The molecule has 0 aliphatic rings. The lowest BCUT2D eigenvalue weighted by molar-refractivity contribution is -0.112. The van der Waals surface area contributed by atoms with E-state index in [1.54, 1.807) is 0 Å². The Morgan fingerprint density at radius 3 is 2.71 bits per heavy atom. The zero-order chi connectivity index (χ0) is 10.7. The van der Waals surface area contributed by atoms with E-state index in [0.29, 0.717) is 5.02 Å². The van der Waals surface area contributed by atoms with Gasteiger partial charge in [0.25, 0.3) is 0 Å². The van der Waals surface area contributed by atoms with Gasteiger partial charge in [-0.15, -0.1) is 0 Å². The molecule has 1 aromatic carbocycles. The molecule has 0 aliphatic heterocycles. The second-order valence-electron chi connectivity index (χ2n) is 2.80. The van der Waals surface area contributed by atoms with Crippen LogP contribution in [0.2, 0.25) is 5.02 Å². The van der Waals surface area contributed by atoms with E-state index in [9.17, 15) is 15.0 Å². The maximum absolute atomic E-state index is 10.7. The molecule has 4 heteroatoms. The van der Waals surface area contributed by atoms with Gasteiger partial charge in [0.2, 0.25) is 0 Å². The number of carbonyl (C=O) groups is 1. The zero-order valence-electron chi connectivity index (χ0n) is 7.49. The molecule has 0 saturated carbocycles. The Morgan fingerprint density at radius 1 is 1.50 bits per heavy atom. The maximum Gasteiger partial charge on any atom is 0.156 e. The van der Waals surface area contributed by atoms with Gasteiger partial charge in [-0.05, 0) is 25.1 Å². The number of aliphatic hydroxyl groups excluding tert-OH is 1. The highest BCUT2D eigenvalue weighted by atomic mass is 35.5. The minimum Gasteiger partial charge on any atom is -0.507 e. The van der Waals surface area contributed by atoms with E-state index < -0.39 is 0 Å². The van der Waals surface area contributed by atoms with Crippen LogP contribution >= 0.6 is 11.6 Å². The standard InChI is InChI=1S/C10H9ClO3/c1-6(12)4-10(14)8-5-7(11)2-3-9(8)13/h2-5,13-14H,1H3. The van der Waals surface area contributed by atoms with Crippen molar-refractivity contribution in [1.82, 2.24) is 0 Å². The Balaban J connectivity index is 3.18. The van der Waals surface area contributed by atoms with Crippen molar-refractivity contribution in [3.8, 4) is 5.75 Å². The molecule has 0 saturated heterocycles. The molecule has 74 valence electrons. The summed E-state index contributed by atoms with van der Waals surface area (Å²) in [4.78, 5) is 10.7. The molecule has 0 amide bonds. The van der Waals surface area contributed by atoms with Gasteiger partial charge in [-0.2, -0.15) is 0 Å². The summed E-state index contributed by atoms with van der Waals surface area (Å²) >= 11 is 5.66. The van der Waals surface area contributed by atoms with Crippen molar-refractivity contribution in [2.45, 2.75) is 6.92 Å². The van der Waals surface area contributed by atoms with Crippen LogP contribution in [0, 0.1) is 0 Å². The number of carbonyl (C=O) groups excluding carboxylic acids is 1. The van der Waals surface area contributed by atoms with Crippen molar-refractivity contribution in [2.75, 3.05) is 0 Å². The van der Waals surface area contributed by atoms with Crippen LogP contribution in [0.4, 0.5) is 0 Å². The minimum atomic E-state index is -0.304. The number of phenols is 1. The van der Waals surface area contributed by atoms with Crippen molar-refractivity contribution < 1.29 is 15.0 Å². The lowest BCUT2D eigenvalue weighted by Gasteiger charge is -2.03. The molecule has 0 radical (unpaired) electrons. The number of aromatic hydroxyl groups is 1. The first-order valence-electron chi connectivity index (χ1n) is 3.91. The van der Waals surface area contributed by atoms with Crippen molar-refractivity contribution in [1.29, 1.82) is 0 Å². The largest absolute Gasteiger partial charge is 0.507 e. The SMILES string of the molecule is CC(=O)C=C(O)c1cc(Cl)ccc1O. The third kappa shape index (κ3) is 2.50. The van der Waals surface area contributed by atoms with Gasteiger partial charge in [-0.25, -0.2) is 0 Å². The highest BCUT2D eigenvalue weighted by Gasteiger charge is 2.07. The summed E-state index contributed by atoms with van der Waals surface area (Å²) < 4.78 is 0. The van der Waals surface area contributed by atoms with Gasteiger partial charge in [0, 0.05) is 11.1 Å². The smallest absolute Gasteiger partial charge is 0.156 e. The van der Waals surface area contributed by atoms with Crippen LogP contribution in [-0.2, 0) is 4.79 Å². The third-order valence-corrected chi connectivity index (χ3v) is 1.81. The molecule has 14 heavy (non-hydrogen) atoms. The summed E-state index contributed by atoms with van der Waals surface area (Å²) in [5.74, 6) is -0.719. The van der Waals surface area contributed by atoms with Gasteiger partial charge < -0.3 is 10.2 Å². The molecule has 0 unspecified atom stereocenters. The number of phenolic OH excluding ortho intramolecular Hbond substituents is 1. The second-order valence-corrected chi connectivity index (χ2v) is 3.24. The van der Waals surface area contributed by atoms with Crippen molar-refractivity contribution in [3.63, 3.8) is 0 Å². The quantitative estimate of drug-likeness (QED) is 0.585. The summed E-state index contributed by atoms with van der Waals surface area (Å²) in [5.41, 5.74) is 0.146. The maximum atomic E-state index is 10.7. The summed E-state index contributed by atoms with van der Waals surface area (Å²) in [7, 11) is 0. The van der Waals surface area contributed by atoms with Gasteiger partial charge in [-0.3, -0.25) is 4.79 Å². The van der Waals surface area contributed by atoms with E-state index in [1.165, 1.54) is 25.1 Å². The van der Waals surface area contributed by atoms with Gasteiger partial charge in [0.15, 0.2) is 5.78 Å². The number of aliphatic hydroxyl groups is 1. The van der Waals surface area contributed by atoms with Crippen molar-refractivity contribution in [3.05, 3.63) is 34.9 Å². The van der Waals surface area contributed by atoms with E-state index in [1.807, 2.05) is 0 Å². The minimum absolute atomic E-state index is 0.121. The molecule has 0 atom stereocenters. The first kappa shape index (κ1) is 10.6. The van der Waals surface area contributed by atoms with Crippen molar-refractivity contribution >= 4 is 23.1 Å². The number of halogens is 1. The average molecular weight is 213 g/mol. The molecule has 0 bridgehead atoms. The molecule has 2 N–H and O–H groups in total. The fraction of sp³-hybridized carbons (Fsp3) is 0.100. The van der Waals surface area contributed by atoms with Gasteiger partial charge in [0.05, 0.1) is 5.56 Å². The van der Waals surface area contributed by atoms with Crippen LogP contribution in [0.1, 0.15) is 12.5 Å². The molecule has 1 rings (SSSR count). The number of benzene rings is 1. The summed E-state index contributed by atoms with van der Waals surface area (Å²) in [6.45, 7) is 1.30. The lowest BCUT2D eigenvalue weighted by Crippen LogP contribution is -1.89. The number of ketones is 1. The molecule has 3 nitrogen and oxygen atoms in total. The number of hydrogen-bond donors (Lipinski definition) is 2. The van der Waals surface area contributed by atoms with E-state index in [-0.39, 0.29) is 22.9 Å². The average Bonchev–Trinajstić information content (AvgIpc) is 2.08. The molecular weight excluding hydrogens is 204 g/mol. The summed E-state index contributed by atoms with van der Waals surface area (Å²) in [5, 5.41) is 19.1. The topological polar surface area (TPSA) is 57.5 Å². The van der Waals surface area contributed by atoms with Crippen LogP contribution in [0.15, 0.2) is 24.3 Å². The summed E-state index contributed by atoms with van der Waals surface area (Å²) in [6, 6.07) is 4.22. The Bertz CT molecular complexity index is 396. The van der Waals surface area contributed by atoms with Gasteiger partial charge >= 0.3 is 0 Å². The lowest BCUT2D eigenvalue weighted by atomic mass is 10.1. The Hall–Kier alpha value is -1.48. The van der Waals surface area contributed by atoms with Crippen LogP contribution in [0.5, 0.6) is 5.75 Å². The van der Waals surface area contributed by atoms with E-state index in [4.69, 9.17) is 11.6 Å². The molecule has 0 spiro atoms. The van der Waals surface area contributed by atoms with E-state index in [0.717, 1.165) is 6.08 Å². The highest BCUT2D eigenvalue weighted by Crippen LogP contribution is 2.26. The Morgan fingerprint density at radius 2 is 2.14 bits per heavy atom. The van der Waals surface area contributed by atoms with E-state index >= 15 is 0 Å². The molecule has 0 fully saturated rings.